The lowest BCUT2D eigenvalue weighted by Crippen LogP contribution is -2.36. The fourth-order valence-corrected chi connectivity index (χ4v) is 3.63. The van der Waals surface area contributed by atoms with Crippen LogP contribution in [0.1, 0.15) is 0 Å². The first kappa shape index (κ1) is 17.6. The molecule has 8 nitrogen and oxygen atoms in total. The van der Waals surface area contributed by atoms with Crippen LogP contribution < -0.4 is 15.6 Å². The Hall–Kier alpha value is -3.49. The Morgan fingerprint density at radius 3 is 2.59 bits per heavy atom. The van der Waals surface area contributed by atoms with Crippen molar-refractivity contribution in [3.05, 3.63) is 54.9 Å². The van der Waals surface area contributed by atoms with Gasteiger partial charge in [0.05, 0.1) is 18.9 Å². The Balaban J connectivity index is 1.74. The summed E-state index contributed by atoms with van der Waals surface area (Å²) in [7, 11) is 0. The number of pyridine rings is 2. The molecule has 0 amide bonds. The minimum Gasteiger partial charge on any atom is -0.412 e. The van der Waals surface area contributed by atoms with Crippen molar-refractivity contribution in [3.8, 4) is 28.3 Å². The number of fused-ring (bicyclic) bond motifs is 1. The van der Waals surface area contributed by atoms with E-state index in [1.807, 2.05) is 36.4 Å². The molecule has 4 aromatic rings. The lowest BCUT2D eigenvalue weighted by molar-refractivity contribution is 0.122. The average Bonchev–Trinajstić information content (AvgIpc) is 3.33. The van der Waals surface area contributed by atoms with Crippen molar-refractivity contribution in [2.75, 3.05) is 31.2 Å². The van der Waals surface area contributed by atoms with Crippen LogP contribution in [-0.4, -0.2) is 46.5 Å². The summed E-state index contributed by atoms with van der Waals surface area (Å²) in [6, 6.07) is 13.7. The smallest absolute Gasteiger partial charge is 0.146 e. The number of H-pyrrole nitrogens is 1. The maximum absolute atomic E-state index is 5.51. The van der Waals surface area contributed by atoms with Gasteiger partial charge in [-0.15, -0.1) is 0 Å². The van der Waals surface area contributed by atoms with Crippen molar-refractivity contribution in [2.45, 2.75) is 0 Å². The highest BCUT2D eigenvalue weighted by Gasteiger charge is 2.18. The second kappa shape index (κ2) is 7.50. The summed E-state index contributed by atoms with van der Waals surface area (Å²) in [5, 5.41) is 8.09. The van der Waals surface area contributed by atoms with E-state index in [2.05, 4.69) is 26.1 Å². The van der Waals surface area contributed by atoms with Gasteiger partial charge in [0.25, 0.3) is 0 Å². The van der Waals surface area contributed by atoms with Gasteiger partial charge >= 0.3 is 0 Å². The van der Waals surface area contributed by atoms with Gasteiger partial charge in [-0.05, 0) is 41.5 Å². The number of aromatic nitrogens is 4. The third-order valence-electron chi connectivity index (χ3n) is 5.11. The van der Waals surface area contributed by atoms with Crippen LogP contribution in [0.4, 0.5) is 5.82 Å². The summed E-state index contributed by atoms with van der Waals surface area (Å²) in [6.07, 6.45) is 3.52. The maximum Gasteiger partial charge on any atom is 0.146 e. The molecule has 146 valence electrons. The van der Waals surface area contributed by atoms with Crippen molar-refractivity contribution < 1.29 is 9.57 Å². The van der Waals surface area contributed by atoms with Crippen molar-refractivity contribution >= 4 is 16.7 Å². The number of nitrogens with one attached hydrogen (secondary N) is 1. The zero-order valence-corrected chi connectivity index (χ0v) is 15.7. The second-order valence-electron chi connectivity index (χ2n) is 6.80. The predicted octanol–water partition coefficient (Wildman–Crippen LogP) is 2.78. The van der Waals surface area contributed by atoms with Crippen LogP contribution in [-0.2, 0) is 4.74 Å². The van der Waals surface area contributed by atoms with Crippen molar-refractivity contribution in [1.82, 2.24) is 20.2 Å². The Morgan fingerprint density at radius 2 is 1.86 bits per heavy atom. The molecule has 1 saturated heterocycles. The van der Waals surface area contributed by atoms with Crippen molar-refractivity contribution in [3.63, 3.8) is 0 Å². The van der Waals surface area contributed by atoms with Gasteiger partial charge in [-0.25, -0.2) is 4.98 Å². The second-order valence-corrected chi connectivity index (χ2v) is 6.80. The highest BCUT2D eigenvalue weighted by Crippen LogP contribution is 2.35. The van der Waals surface area contributed by atoms with Crippen LogP contribution in [0.3, 0.4) is 0 Å². The van der Waals surface area contributed by atoms with Crippen LogP contribution >= 0.6 is 0 Å². The number of morpholine rings is 1. The van der Waals surface area contributed by atoms with Crippen LogP contribution in [0.15, 0.2) is 54.9 Å². The number of ether oxygens (including phenoxy) is 1. The van der Waals surface area contributed by atoms with E-state index in [1.165, 1.54) is 0 Å². The third-order valence-corrected chi connectivity index (χ3v) is 5.11. The Kier molecular flexibility index (Phi) is 4.55. The van der Waals surface area contributed by atoms with Gasteiger partial charge in [-0.1, -0.05) is 12.1 Å². The van der Waals surface area contributed by atoms with E-state index in [0.29, 0.717) is 19.0 Å². The SMILES string of the molecule is NOc1ccc(-c2cc(N3CCOCC3)nc3c(-c4ccn[nH]4)nccc23)cc1. The molecule has 0 saturated carbocycles. The number of nitrogens with zero attached hydrogens (tertiary/aromatic N) is 4. The van der Waals surface area contributed by atoms with E-state index in [4.69, 9.17) is 20.5 Å². The van der Waals surface area contributed by atoms with Gasteiger partial charge in [0.15, 0.2) is 0 Å². The number of benzene rings is 1. The summed E-state index contributed by atoms with van der Waals surface area (Å²) in [4.78, 5) is 16.6. The molecule has 8 heteroatoms. The van der Waals surface area contributed by atoms with E-state index >= 15 is 0 Å². The van der Waals surface area contributed by atoms with E-state index < -0.39 is 0 Å². The Labute approximate surface area is 167 Å². The molecule has 1 aliphatic rings. The first-order chi connectivity index (χ1) is 14.3. The highest BCUT2D eigenvalue weighted by atomic mass is 16.6. The molecule has 1 fully saturated rings. The summed E-state index contributed by atoms with van der Waals surface area (Å²) in [5.74, 6) is 6.80. The van der Waals surface area contributed by atoms with E-state index in [1.54, 1.807) is 12.4 Å². The lowest BCUT2D eigenvalue weighted by Gasteiger charge is -2.28. The average molecular weight is 388 g/mol. The summed E-state index contributed by atoms with van der Waals surface area (Å²) in [6.45, 7) is 2.99. The number of aromatic amines is 1. The monoisotopic (exact) mass is 388 g/mol. The highest BCUT2D eigenvalue weighted by molar-refractivity contribution is 6.01. The van der Waals surface area contributed by atoms with Crippen LogP contribution in [0.5, 0.6) is 5.75 Å². The first-order valence-electron chi connectivity index (χ1n) is 9.43. The zero-order valence-electron chi connectivity index (χ0n) is 15.7. The number of nitrogens with two attached hydrogens (primary N) is 1. The van der Waals surface area contributed by atoms with E-state index in [-0.39, 0.29) is 0 Å². The van der Waals surface area contributed by atoms with Gasteiger partial charge in [0.1, 0.15) is 22.8 Å². The standard InChI is InChI=1S/C21H20N6O2/c22-29-15-3-1-14(2-4-15)17-13-19(27-9-11-28-12-10-27)25-20-16(17)5-7-23-21(20)18-6-8-24-26-18/h1-8,13H,9-12,22H2,(H,24,26). The lowest BCUT2D eigenvalue weighted by atomic mass is 10.00. The molecule has 5 rings (SSSR count). The number of hydrogen-bond donors (Lipinski definition) is 2. The molecule has 3 aromatic heterocycles. The molecule has 3 N–H and O–H groups in total. The van der Waals surface area contributed by atoms with Crippen LogP contribution in [0.2, 0.25) is 0 Å². The fourth-order valence-electron chi connectivity index (χ4n) is 3.63. The molecule has 1 aliphatic heterocycles. The first-order valence-corrected chi connectivity index (χ1v) is 9.43. The third kappa shape index (κ3) is 3.28. The Bertz CT molecular complexity index is 1120. The number of hydrogen-bond acceptors (Lipinski definition) is 7. The molecule has 0 unspecified atom stereocenters. The molecule has 0 radical (unpaired) electrons. The fraction of sp³-hybridized carbons (Fsp3) is 0.190. The van der Waals surface area contributed by atoms with Crippen molar-refractivity contribution in [2.24, 2.45) is 5.90 Å². The van der Waals surface area contributed by atoms with Crippen molar-refractivity contribution in [1.29, 1.82) is 0 Å². The minimum absolute atomic E-state index is 0.611. The van der Waals surface area contributed by atoms with Gasteiger partial charge < -0.3 is 14.5 Å². The largest absolute Gasteiger partial charge is 0.412 e. The Morgan fingerprint density at radius 1 is 1.03 bits per heavy atom. The molecule has 0 aliphatic carbocycles. The normalized spacial score (nSPS) is 14.3. The van der Waals surface area contributed by atoms with E-state index in [0.717, 1.165) is 52.3 Å². The summed E-state index contributed by atoms with van der Waals surface area (Å²) < 4.78 is 5.51. The zero-order chi connectivity index (χ0) is 19.6. The summed E-state index contributed by atoms with van der Waals surface area (Å²) >= 11 is 0. The molecule has 1 aromatic carbocycles. The van der Waals surface area contributed by atoms with Gasteiger partial charge in [-0.2, -0.15) is 11.0 Å². The topological polar surface area (TPSA) is 102 Å². The quantitative estimate of drug-likeness (QED) is 0.518. The van der Waals surface area contributed by atoms with Gasteiger partial charge in [0.2, 0.25) is 0 Å². The maximum atomic E-state index is 5.51. The molecule has 0 atom stereocenters. The molecule has 0 bridgehead atoms. The molecule has 4 heterocycles. The summed E-state index contributed by atoms with van der Waals surface area (Å²) in [5.41, 5.74) is 4.56. The number of anilines is 1. The number of rotatable bonds is 4. The molecule has 29 heavy (non-hydrogen) atoms. The molecular weight excluding hydrogens is 368 g/mol. The predicted molar refractivity (Wildman–Crippen MR) is 110 cm³/mol. The molecular formula is C21H20N6O2. The van der Waals surface area contributed by atoms with Crippen LogP contribution in [0, 0.1) is 0 Å². The minimum atomic E-state index is 0.611. The van der Waals surface area contributed by atoms with Crippen LogP contribution in [0.25, 0.3) is 33.4 Å². The van der Waals surface area contributed by atoms with Gasteiger partial charge in [-0.3, -0.25) is 10.1 Å². The van der Waals surface area contributed by atoms with E-state index in [9.17, 15) is 0 Å². The van der Waals surface area contributed by atoms with Gasteiger partial charge in [0, 0.05) is 30.9 Å². The molecule has 0 spiro atoms.